The van der Waals surface area contributed by atoms with Crippen LogP contribution in [0.2, 0.25) is 0 Å². The maximum Gasteiger partial charge on any atom is 0.305 e. The molecule has 0 aliphatic heterocycles. The fourth-order valence-electron chi connectivity index (χ4n) is 4.54. The third-order valence-electron chi connectivity index (χ3n) is 6.69. The molecule has 31 heavy (non-hydrogen) atoms. The van der Waals surface area contributed by atoms with Crippen LogP contribution in [0.4, 0.5) is 0 Å². The highest BCUT2D eigenvalue weighted by Crippen LogP contribution is 2.23. The normalized spacial score (nSPS) is 11.4. The van der Waals surface area contributed by atoms with Crippen LogP contribution in [0.1, 0.15) is 168 Å². The van der Waals surface area contributed by atoms with Crippen LogP contribution < -0.4 is 0 Å². The molecular weight excluding hydrogens is 380 g/mol. The number of unbranched alkanes of at least 4 members (excludes halogenated alkanes) is 15. The van der Waals surface area contributed by atoms with Gasteiger partial charge in [0.05, 0.1) is 6.61 Å². The molecule has 0 N–H and O–H groups in total. The number of hydrogen-bond donors (Lipinski definition) is 0. The molecule has 0 bridgehead atoms. The van der Waals surface area contributed by atoms with Crippen LogP contribution in [-0.2, 0) is 9.53 Å². The Morgan fingerprint density at radius 1 is 0.516 bits per heavy atom. The van der Waals surface area contributed by atoms with Crippen molar-refractivity contribution in [1.82, 2.24) is 0 Å². The van der Waals surface area contributed by atoms with Crippen molar-refractivity contribution in [2.45, 2.75) is 168 Å². The highest BCUT2D eigenvalue weighted by Gasteiger charge is 2.10. The number of esters is 1. The van der Waals surface area contributed by atoms with E-state index in [4.69, 9.17) is 4.74 Å². The molecule has 0 aliphatic carbocycles. The molecule has 0 unspecified atom stereocenters. The van der Waals surface area contributed by atoms with E-state index in [1.165, 1.54) is 128 Å². The van der Waals surface area contributed by atoms with Crippen LogP contribution in [0.3, 0.4) is 0 Å². The summed E-state index contributed by atoms with van der Waals surface area (Å²) in [6.45, 7) is 7.45. The molecule has 0 rings (SSSR count). The average molecular weight is 439 g/mol. The molecule has 0 fully saturated rings. The molecule has 0 aliphatic rings. The molecule has 0 atom stereocenters. The third-order valence-corrected chi connectivity index (χ3v) is 6.69. The number of carbonyl (C=O) groups is 1. The van der Waals surface area contributed by atoms with Crippen molar-refractivity contribution < 1.29 is 9.53 Å². The molecule has 0 aromatic heterocycles. The smallest absolute Gasteiger partial charge is 0.305 e. The Bertz CT molecular complexity index is 337. The molecule has 0 amide bonds. The minimum Gasteiger partial charge on any atom is -0.466 e. The zero-order valence-corrected chi connectivity index (χ0v) is 21.9. The van der Waals surface area contributed by atoms with Crippen molar-refractivity contribution in [3.8, 4) is 0 Å². The van der Waals surface area contributed by atoms with Gasteiger partial charge in [0.15, 0.2) is 0 Å². The van der Waals surface area contributed by atoms with E-state index in [0.717, 1.165) is 18.8 Å². The predicted octanol–water partition coefficient (Wildman–Crippen LogP) is 10.2. The van der Waals surface area contributed by atoms with Crippen molar-refractivity contribution in [2.75, 3.05) is 6.61 Å². The van der Waals surface area contributed by atoms with E-state index in [9.17, 15) is 4.79 Å². The summed E-state index contributed by atoms with van der Waals surface area (Å²) in [5.74, 6) is 0.869. The van der Waals surface area contributed by atoms with Crippen molar-refractivity contribution >= 4 is 5.97 Å². The molecule has 0 spiro atoms. The minimum atomic E-state index is 0.0267. The van der Waals surface area contributed by atoms with Gasteiger partial charge < -0.3 is 4.74 Å². The van der Waals surface area contributed by atoms with Gasteiger partial charge in [0.25, 0.3) is 0 Å². The summed E-state index contributed by atoms with van der Waals surface area (Å²) < 4.78 is 5.52. The fraction of sp³-hybridized carbons (Fsp3) is 0.966. The molecule has 0 radical (unpaired) electrons. The molecule has 0 saturated heterocycles. The van der Waals surface area contributed by atoms with Crippen LogP contribution in [0.15, 0.2) is 0 Å². The van der Waals surface area contributed by atoms with Gasteiger partial charge in [0.1, 0.15) is 0 Å². The van der Waals surface area contributed by atoms with E-state index in [1.807, 2.05) is 0 Å². The maximum absolute atomic E-state index is 11.9. The standard InChI is InChI=1S/C29H58O2/c1-4-7-10-13-16-19-23-28(24-20-17-14-11-8-5-2)25-22-27-31-29(30)26-21-18-15-12-9-6-3/h28H,4-27H2,1-3H3. The summed E-state index contributed by atoms with van der Waals surface area (Å²) in [5, 5.41) is 0. The van der Waals surface area contributed by atoms with E-state index in [-0.39, 0.29) is 5.97 Å². The fourth-order valence-corrected chi connectivity index (χ4v) is 4.54. The Morgan fingerprint density at radius 2 is 0.903 bits per heavy atom. The number of carbonyl (C=O) groups excluding carboxylic acids is 1. The van der Waals surface area contributed by atoms with Gasteiger partial charge in [-0.05, 0) is 25.2 Å². The van der Waals surface area contributed by atoms with Gasteiger partial charge in [-0.15, -0.1) is 0 Å². The van der Waals surface area contributed by atoms with E-state index in [0.29, 0.717) is 13.0 Å². The van der Waals surface area contributed by atoms with E-state index >= 15 is 0 Å². The lowest BCUT2D eigenvalue weighted by atomic mass is 9.90. The van der Waals surface area contributed by atoms with Gasteiger partial charge in [0.2, 0.25) is 0 Å². The molecular formula is C29H58O2. The van der Waals surface area contributed by atoms with E-state index in [1.54, 1.807) is 0 Å². The molecule has 186 valence electrons. The van der Waals surface area contributed by atoms with Crippen LogP contribution in [0, 0.1) is 5.92 Å². The number of ether oxygens (including phenoxy) is 1. The quantitative estimate of drug-likeness (QED) is 0.105. The summed E-state index contributed by atoms with van der Waals surface area (Å²) >= 11 is 0. The van der Waals surface area contributed by atoms with Gasteiger partial charge in [-0.3, -0.25) is 4.79 Å². The van der Waals surface area contributed by atoms with Gasteiger partial charge >= 0.3 is 5.97 Å². The Kier molecular flexibility index (Phi) is 25.3. The van der Waals surface area contributed by atoms with Crippen molar-refractivity contribution in [3.05, 3.63) is 0 Å². The second-order valence-corrected chi connectivity index (χ2v) is 9.86. The SMILES string of the molecule is CCCCCCCCC(=O)OCCCC(CCCCCCCC)CCCCCCCC. The Labute approximate surface area is 196 Å². The van der Waals surface area contributed by atoms with Crippen molar-refractivity contribution in [2.24, 2.45) is 5.92 Å². The maximum atomic E-state index is 11.9. The Morgan fingerprint density at radius 3 is 1.39 bits per heavy atom. The summed E-state index contributed by atoms with van der Waals surface area (Å²) in [6.07, 6.45) is 29.7. The molecule has 0 saturated carbocycles. The predicted molar refractivity (Wildman–Crippen MR) is 138 cm³/mol. The molecule has 0 heterocycles. The zero-order chi connectivity index (χ0) is 22.8. The molecule has 0 aromatic carbocycles. The molecule has 2 heteroatoms. The highest BCUT2D eigenvalue weighted by molar-refractivity contribution is 5.69. The van der Waals surface area contributed by atoms with Gasteiger partial charge in [-0.1, -0.05) is 143 Å². The van der Waals surface area contributed by atoms with Gasteiger partial charge in [0, 0.05) is 6.42 Å². The first-order valence-electron chi connectivity index (χ1n) is 14.4. The second kappa shape index (κ2) is 25.7. The summed E-state index contributed by atoms with van der Waals surface area (Å²) in [5.41, 5.74) is 0. The van der Waals surface area contributed by atoms with Crippen LogP contribution in [0.5, 0.6) is 0 Å². The summed E-state index contributed by atoms with van der Waals surface area (Å²) in [7, 11) is 0. The topological polar surface area (TPSA) is 26.3 Å². The monoisotopic (exact) mass is 438 g/mol. The lowest BCUT2D eigenvalue weighted by Gasteiger charge is -2.17. The lowest BCUT2D eigenvalue weighted by Crippen LogP contribution is -2.08. The lowest BCUT2D eigenvalue weighted by molar-refractivity contribution is -0.144. The molecule has 0 aromatic rings. The first-order valence-corrected chi connectivity index (χ1v) is 14.4. The highest BCUT2D eigenvalue weighted by atomic mass is 16.5. The second-order valence-electron chi connectivity index (χ2n) is 9.86. The van der Waals surface area contributed by atoms with E-state index < -0.39 is 0 Å². The zero-order valence-electron chi connectivity index (χ0n) is 21.9. The molecule has 2 nitrogen and oxygen atoms in total. The Balaban J connectivity index is 3.89. The van der Waals surface area contributed by atoms with Crippen LogP contribution in [0.25, 0.3) is 0 Å². The largest absolute Gasteiger partial charge is 0.466 e. The average Bonchev–Trinajstić information content (AvgIpc) is 2.77. The van der Waals surface area contributed by atoms with Crippen molar-refractivity contribution in [1.29, 1.82) is 0 Å². The van der Waals surface area contributed by atoms with Crippen LogP contribution >= 0.6 is 0 Å². The number of hydrogen-bond acceptors (Lipinski definition) is 2. The van der Waals surface area contributed by atoms with Crippen molar-refractivity contribution in [3.63, 3.8) is 0 Å². The summed E-state index contributed by atoms with van der Waals surface area (Å²) in [4.78, 5) is 11.9. The van der Waals surface area contributed by atoms with Crippen LogP contribution in [-0.4, -0.2) is 12.6 Å². The minimum absolute atomic E-state index is 0.0267. The van der Waals surface area contributed by atoms with Gasteiger partial charge in [-0.25, -0.2) is 0 Å². The third kappa shape index (κ3) is 24.0. The van der Waals surface area contributed by atoms with E-state index in [2.05, 4.69) is 20.8 Å². The summed E-state index contributed by atoms with van der Waals surface area (Å²) in [6, 6.07) is 0. The first-order chi connectivity index (χ1) is 15.2. The Hall–Kier alpha value is -0.530. The first kappa shape index (κ1) is 30.5. The number of rotatable bonds is 25. The van der Waals surface area contributed by atoms with Gasteiger partial charge in [-0.2, -0.15) is 0 Å².